The highest BCUT2D eigenvalue weighted by Crippen LogP contribution is 2.16. The number of aryl methyl sites for hydroxylation is 2. The summed E-state index contributed by atoms with van der Waals surface area (Å²) in [5, 5.41) is 3.36. The fraction of sp³-hybridized carbons (Fsp3) is 0.647. The number of ether oxygens (including phenoxy) is 2. The van der Waals surface area contributed by atoms with Crippen molar-refractivity contribution in [1.29, 1.82) is 0 Å². The Balaban J connectivity index is 1.61. The zero-order valence-corrected chi connectivity index (χ0v) is 13.5. The molecule has 118 valence electrons. The standard InChI is InChI=1S/C17H28N2O2/c1-14-5-6-16(11-15(14)2)20-9-4-8-19(3)13-17-12-18-7-10-21-17/h5-6,11,17-18H,4,7-10,12-13H2,1-3H3. The SMILES string of the molecule is Cc1ccc(OCCCN(C)CC2CNCCO2)cc1C. The van der Waals surface area contributed by atoms with Gasteiger partial charge in [0.1, 0.15) is 5.75 Å². The van der Waals surface area contributed by atoms with Gasteiger partial charge in [0.15, 0.2) is 0 Å². The molecule has 21 heavy (non-hydrogen) atoms. The van der Waals surface area contributed by atoms with Crippen LogP contribution in [0.2, 0.25) is 0 Å². The minimum atomic E-state index is 0.324. The van der Waals surface area contributed by atoms with Gasteiger partial charge in [0.2, 0.25) is 0 Å². The van der Waals surface area contributed by atoms with Crippen LogP contribution in [0.4, 0.5) is 0 Å². The fourth-order valence-electron chi connectivity index (χ4n) is 2.50. The quantitative estimate of drug-likeness (QED) is 0.779. The molecule has 4 nitrogen and oxygen atoms in total. The molecule has 0 aliphatic carbocycles. The van der Waals surface area contributed by atoms with Crippen molar-refractivity contribution >= 4 is 0 Å². The van der Waals surface area contributed by atoms with E-state index in [0.717, 1.165) is 51.6 Å². The lowest BCUT2D eigenvalue weighted by atomic mass is 10.1. The van der Waals surface area contributed by atoms with E-state index >= 15 is 0 Å². The first kappa shape index (κ1) is 16.3. The van der Waals surface area contributed by atoms with Crippen LogP contribution in [0.25, 0.3) is 0 Å². The first-order valence-corrected chi connectivity index (χ1v) is 7.86. The maximum Gasteiger partial charge on any atom is 0.119 e. The van der Waals surface area contributed by atoms with E-state index in [1.54, 1.807) is 0 Å². The third kappa shape index (κ3) is 5.65. The Bertz CT molecular complexity index is 431. The topological polar surface area (TPSA) is 33.7 Å². The Morgan fingerprint density at radius 3 is 2.90 bits per heavy atom. The molecule has 0 radical (unpaired) electrons. The number of rotatable bonds is 7. The maximum atomic E-state index is 5.81. The molecule has 4 heteroatoms. The maximum absolute atomic E-state index is 5.81. The van der Waals surface area contributed by atoms with E-state index in [4.69, 9.17) is 9.47 Å². The van der Waals surface area contributed by atoms with Gasteiger partial charge in [0.25, 0.3) is 0 Å². The highest BCUT2D eigenvalue weighted by Gasteiger charge is 2.14. The van der Waals surface area contributed by atoms with Gasteiger partial charge in [-0.1, -0.05) is 6.07 Å². The number of hydrogen-bond acceptors (Lipinski definition) is 4. The number of likely N-dealkylation sites (N-methyl/N-ethyl adjacent to an activating group) is 1. The monoisotopic (exact) mass is 292 g/mol. The number of nitrogens with one attached hydrogen (secondary N) is 1. The van der Waals surface area contributed by atoms with Crippen LogP contribution in [0, 0.1) is 13.8 Å². The summed E-state index contributed by atoms with van der Waals surface area (Å²) in [6.45, 7) is 9.78. The summed E-state index contributed by atoms with van der Waals surface area (Å²) in [7, 11) is 2.15. The molecule has 0 bridgehead atoms. The summed E-state index contributed by atoms with van der Waals surface area (Å²) in [6, 6.07) is 6.28. The van der Waals surface area contributed by atoms with E-state index in [2.05, 4.69) is 43.2 Å². The average molecular weight is 292 g/mol. The lowest BCUT2D eigenvalue weighted by Gasteiger charge is -2.27. The lowest BCUT2D eigenvalue weighted by molar-refractivity contribution is 0.00950. The Hall–Kier alpha value is -1.10. The number of benzene rings is 1. The average Bonchev–Trinajstić information content (AvgIpc) is 2.48. The van der Waals surface area contributed by atoms with Gasteiger partial charge >= 0.3 is 0 Å². The number of morpholine rings is 1. The first-order valence-electron chi connectivity index (χ1n) is 7.86. The van der Waals surface area contributed by atoms with Crippen LogP contribution < -0.4 is 10.1 Å². The molecule has 1 N–H and O–H groups in total. The molecule has 0 aromatic heterocycles. The summed E-state index contributed by atoms with van der Waals surface area (Å²) in [5.74, 6) is 0.973. The molecule has 1 unspecified atom stereocenters. The van der Waals surface area contributed by atoms with Gasteiger partial charge in [-0.05, 0) is 50.6 Å². The fourth-order valence-corrected chi connectivity index (χ4v) is 2.50. The molecule has 0 spiro atoms. The summed E-state index contributed by atoms with van der Waals surface area (Å²) < 4.78 is 11.5. The smallest absolute Gasteiger partial charge is 0.119 e. The molecule has 1 aromatic rings. The minimum Gasteiger partial charge on any atom is -0.494 e. The lowest BCUT2D eigenvalue weighted by Crippen LogP contribution is -2.44. The number of hydrogen-bond donors (Lipinski definition) is 1. The second-order valence-electron chi connectivity index (χ2n) is 5.91. The second kappa shape index (κ2) is 8.37. The predicted molar refractivity (Wildman–Crippen MR) is 86.1 cm³/mol. The van der Waals surface area contributed by atoms with E-state index < -0.39 is 0 Å². The molecule has 1 aliphatic heterocycles. The molecule has 0 saturated carbocycles. The van der Waals surface area contributed by atoms with Crippen LogP contribution in [-0.4, -0.2) is 57.4 Å². The van der Waals surface area contributed by atoms with Crippen molar-refractivity contribution in [2.75, 3.05) is 46.4 Å². The van der Waals surface area contributed by atoms with Crippen LogP contribution in [0.15, 0.2) is 18.2 Å². The van der Waals surface area contributed by atoms with Crippen molar-refractivity contribution in [2.45, 2.75) is 26.4 Å². The highest BCUT2D eigenvalue weighted by molar-refractivity contribution is 5.33. The molecule has 1 fully saturated rings. The Morgan fingerprint density at radius 2 is 2.19 bits per heavy atom. The molecule has 1 saturated heterocycles. The van der Waals surface area contributed by atoms with Crippen molar-refractivity contribution in [1.82, 2.24) is 10.2 Å². The van der Waals surface area contributed by atoms with Gasteiger partial charge in [-0.2, -0.15) is 0 Å². The van der Waals surface area contributed by atoms with E-state index in [9.17, 15) is 0 Å². The minimum absolute atomic E-state index is 0.324. The molecule has 1 heterocycles. The van der Waals surface area contributed by atoms with Gasteiger partial charge in [0, 0.05) is 26.2 Å². The van der Waals surface area contributed by atoms with Crippen LogP contribution in [0.5, 0.6) is 5.75 Å². The van der Waals surface area contributed by atoms with Crippen LogP contribution >= 0.6 is 0 Å². The molecular weight excluding hydrogens is 264 g/mol. The summed E-state index contributed by atoms with van der Waals surface area (Å²) >= 11 is 0. The molecule has 1 atom stereocenters. The van der Waals surface area contributed by atoms with Crippen molar-refractivity contribution < 1.29 is 9.47 Å². The van der Waals surface area contributed by atoms with Crippen molar-refractivity contribution in [3.05, 3.63) is 29.3 Å². The third-order valence-corrected chi connectivity index (χ3v) is 3.95. The van der Waals surface area contributed by atoms with E-state index in [-0.39, 0.29) is 0 Å². The van der Waals surface area contributed by atoms with Crippen molar-refractivity contribution in [3.8, 4) is 5.75 Å². The van der Waals surface area contributed by atoms with E-state index in [1.165, 1.54) is 11.1 Å². The van der Waals surface area contributed by atoms with Gasteiger partial charge in [-0.25, -0.2) is 0 Å². The first-order chi connectivity index (χ1) is 10.1. The van der Waals surface area contributed by atoms with E-state index in [1.807, 2.05) is 6.07 Å². The molecule has 2 rings (SSSR count). The van der Waals surface area contributed by atoms with Gasteiger partial charge in [0.05, 0.1) is 19.3 Å². The Labute approximate surface area is 128 Å². The zero-order valence-electron chi connectivity index (χ0n) is 13.5. The Kier molecular flexibility index (Phi) is 6.49. The molecule has 1 aliphatic rings. The molecule has 0 amide bonds. The summed E-state index contributed by atoms with van der Waals surface area (Å²) in [6.07, 6.45) is 1.35. The highest BCUT2D eigenvalue weighted by atomic mass is 16.5. The zero-order chi connectivity index (χ0) is 15.1. The Morgan fingerprint density at radius 1 is 1.33 bits per heavy atom. The van der Waals surface area contributed by atoms with Crippen molar-refractivity contribution in [2.24, 2.45) is 0 Å². The predicted octanol–water partition coefficient (Wildman–Crippen LogP) is 1.99. The number of nitrogens with zero attached hydrogens (tertiary/aromatic N) is 1. The van der Waals surface area contributed by atoms with Gasteiger partial charge in [-0.15, -0.1) is 0 Å². The second-order valence-corrected chi connectivity index (χ2v) is 5.91. The summed E-state index contributed by atoms with van der Waals surface area (Å²) in [5.41, 5.74) is 2.59. The van der Waals surface area contributed by atoms with Crippen LogP contribution in [0.1, 0.15) is 17.5 Å². The van der Waals surface area contributed by atoms with Crippen LogP contribution in [0.3, 0.4) is 0 Å². The largest absolute Gasteiger partial charge is 0.494 e. The molecular formula is C17H28N2O2. The van der Waals surface area contributed by atoms with Gasteiger partial charge < -0.3 is 19.7 Å². The summed E-state index contributed by atoms with van der Waals surface area (Å²) in [4.78, 5) is 2.32. The normalized spacial score (nSPS) is 19.0. The van der Waals surface area contributed by atoms with E-state index in [0.29, 0.717) is 6.10 Å². The van der Waals surface area contributed by atoms with Crippen LogP contribution in [-0.2, 0) is 4.74 Å². The third-order valence-electron chi connectivity index (χ3n) is 3.95. The molecule has 1 aromatic carbocycles. The van der Waals surface area contributed by atoms with Gasteiger partial charge in [-0.3, -0.25) is 0 Å². The van der Waals surface area contributed by atoms with Crippen molar-refractivity contribution in [3.63, 3.8) is 0 Å².